The monoisotopic (exact) mass is 359 g/mol. The number of aromatic nitrogens is 3. The molecule has 1 aromatic carbocycles. The molecule has 0 amide bonds. The third-order valence-corrected chi connectivity index (χ3v) is 5.29. The molecule has 0 saturated heterocycles. The van der Waals surface area contributed by atoms with Gasteiger partial charge in [0, 0.05) is 37.7 Å². The lowest BCUT2D eigenvalue weighted by atomic mass is 10.2. The van der Waals surface area contributed by atoms with Gasteiger partial charge in [-0.05, 0) is 26.0 Å². The summed E-state index contributed by atoms with van der Waals surface area (Å²) in [5, 5.41) is 11.3. The quantitative estimate of drug-likeness (QED) is 0.780. The van der Waals surface area contributed by atoms with Gasteiger partial charge in [-0.1, -0.05) is 12.1 Å². The number of amidine groups is 1. The third kappa shape index (κ3) is 2.50. The number of hydrogen-bond donors (Lipinski definition) is 1. The first kappa shape index (κ1) is 16.0. The van der Waals surface area contributed by atoms with Crippen LogP contribution in [0.25, 0.3) is 21.9 Å². The first-order chi connectivity index (χ1) is 13.1. The summed E-state index contributed by atoms with van der Waals surface area (Å²) in [5.74, 6) is 2.01. The molecule has 0 saturated carbocycles. The van der Waals surface area contributed by atoms with Crippen LogP contribution in [0.4, 0.5) is 0 Å². The average molecular weight is 359 g/mol. The first-order valence-electron chi connectivity index (χ1n) is 9.15. The molecule has 0 spiro atoms. The van der Waals surface area contributed by atoms with Gasteiger partial charge in [-0.2, -0.15) is 5.10 Å². The number of pyridine rings is 1. The van der Waals surface area contributed by atoms with Crippen LogP contribution in [0, 0.1) is 0 Å². The second kappa shape index (κ2) is 5.90. The molecule has 7 heteroatoms. The van der Waals surface area contributed by atoms with Crippen molar-refractivity contribution in [2.45, 2.75) is 32.9 Å². The van der Waals surface area contributed by atoms with E-state index in [9.17, 15) is 0 Å². The van der Waals surface area contributed by atoms with E-state index >= 15 is 0 Å². The molecule has 0 radical (unpaired) electrons. The van der Waals surface area contributed by atoms with E-state index in [-0.39, 0.29) is 6.17 Å². The van der Waals surface area contributed by atoms with E-state index < -0.39 is 0 Å². The first-order valence-corrected chi connectivity index (χ1v) is 9.15. The zero-order valence-electron chi connectivity index (χ0n) is 15.6. The minimum Gasteiger partial charge on any atom is -0.346 e. The van der Waals surface area contributed by atoms with Crippen molar-refractivity contribution in [3.8, 4) is 0 Å². The number of benzene rings is 1. The van der Waals surface area contributed by atoms with E-state index in [4.69, 9.17) is 10.1 Å². The topological polar surface area (TPSA) is 70.7 Å². The van der Waals surface area contributed by atoms with Gasteiger partial charge >= 0.3 is 0 Å². The van der Waals surface area contributed by atoms with Crippen LogP contribution in [-0.2, 0) is 13.5 Å². The molecular weight excluding hydrogens is 338 g/mol. The van der Waals surface area contributed by atoms with E-state index in [1.165, 1.54) is 0 Å². The smallest absolute Gasteiger partial charge is 0.160 e. The summed E-state index contributed by atoms with van der Waals surface area (Å²) in [6, 6.07) is 8.25. The highest BCUT2D eigenvalue weighted by Gasteiger charge is 2.30. The van der Waals surface area contributed by atoms with E-state index in [2.05, 4.69) is 45.1 Å². The molecule has 1 unspecified atom stereocenters. The molecule has 0 fully saturated rings. The largest absolute Gasteiger partial charge is 0.346 e. The number of aliphatic imine (C=N–C) groups is 1. The molecular formula is C20H21N7. The molecule has 27 heavy (non-hydrogen) atoms. The Kier molecular flexibility index (Phi) is 3.50. The van der Waals surface area contributed by atoms with Crippen molar-refractivity contribution < 1.29 is 0 Å². The number of imidazole rings is 1. The van der Waals surface area contributed by atoms with Crippen molar-refractivity contribution in [3.63, 3.8) is 0 Å². The summed E-state index contributed by atoms with van der Waals surface area (Å²) in [6.07, 6.45) is 5.34. The summed E-state index contributed by atoms with van der Waals surface area (Å²) < 4.78 is 2.16. The lowest BCUT2D eigenvalue weighted by molar-refractivity contribution is 0.333. The zero-order valence-corrected chi connectivity index (χ0v) is 15.6. The van der Waals surface area contributed by atoms with E-state index in [0.717, 1.165) is 57.8 Å². The van der Waals surface area contributed by atoms with Gasteiger partial charge in [0.15, 0.2) is 6.17 Å². The second-order valence-corrected chi connectivity index (χ2v) is 7.07. The van der Waals surface area contributed by atoms with Gasteiger partial charge in [-0.15, -0.1) is 0 Å². The summed E-state index contributed by atoms with van der Waals surface area (Å²) in [6.45, 7) is 4.05. The van der Waals surface area contributed by atoms with Crippen molar-refractivity contribution in [2.24, 2.45) is 17.1 Å². The van der Waals surface area contributed by atoms with Gasteiger partial charge in [-0.3, -0.25) is 9.98 Å². The number of nitrogens with one attached hydrogen (secondary N) is 1. The Labute approximate surface area is 157 Å². The molecule has 3 aromatic rings. The van der Waals surface area contributed by atoms with Gasteiger partial charge < -0.3 is 9.88 Å². The lowest BCUT2D eigenvalue weighted by Gasteiger charge is -2.26. The average Bonchev–Trinajstić information content (AvgIpc) is 3.26. The second-order valence-electron chi connectivity index (χ2n) is 7.07. The Morgan fingerprint density at radius 3 is 2.85 bits per heavy atom. The van der Waals surface area contributed by atoms with Crippen LogP contribution in [0.1, 0.15) is 26.1 Å². The lowest BCUT2D eigenvalue weighted by Crippen LogP contribution is -2.44. The zero-order chi connectivity index (χ0) is 18.5. The Balaban J connectivity index is 1.42. The number of allylic oxidation sites excluding steroid dienone is 1. The maximum atomic E-state index is 4.89. The van der Waals surface area contributed by atoms with Crippen LogP contribution < -0.4 is 5.32 Å². The van der Waals surface area contributed by atoms with Crippen molar-refractivity contribution in [2.75, 3.05) is 0 Å². The molecule has 2 aliphatic rings. The summed E-state index contributed by atoms with van der Waals surface area (Å²) in [4.78, 5) is 13.9. The van der Waals surface area contributed by atoms with Crippen molar-refractivity contribution in [1.29, 1.82) is 0 Å². The highest BCUT2D eigenvalue weighted by atomic mass is 15.6. The van der Waals surface area contributed by atoms with E-state index in [0.29, 0.717) is 0 Å². The molecule has 5 rings (SSSR count). The van der Waals surface area contributed by atoms with Crippen LogP contribution in [-0.4, -0.2) is 37.3 Å². The third-order valence-electron chi connectivity index (χ3n) is 5.29. The Morgan fingerprint density at radius 2 is 2.00 bits per heavy atom. The van der Waals surface area contributed by atoms with Gasteiger partial charge in [0.25, 0.3) is 0 Å². The predicted octanol–water partition coefficient (Wildman–Crippen LogP) is 2.93. The SMILES string of the molecule is CC1=CN=C(C)C2NC(CCc3nc4c5ncccc5ccc4n3C)=NN12. The molecule has 2 aliphatic heterocycles. The molecule has 4 heterocycles. The number of rotatable bonds is 3. The maximum Gasteiger partial charge on any atom is 0.160 e. The molecule has 2 aromatic heterocycles. The Morgan fingerprint density at radius 1 is 1.11 bits per heavy atom. The molecule has 1 N–H and O–H groups in total. The van der Waals surface area contributed by atoms with Crippen LogP contribution in [0.3, 0.4) is 0 Å². The molecule has 1 atom stereocenters. The Hall–Kier alpha value is -3.22. The van der Waals surface area contributed by atoms with Gasteiger partial charge in [0.2, 0.25) is 0 Å². The number of fused-ring (bicyclic) bond motifs is 4. The van der Waals surface area contributed by atoms with Crippen molar-refractivity contribution in [3.05, 3.63) is 48.2 Å². The number of hydrogen-bond acceptors (Lipinski definition) is 6. The predicted molar refractivity (Wildman–Crippen MR) is 107 cm³/mol. The standard InChI is InChI=1S/C20H21N7/c1-12-11-22-13(2)20-23-16(25-27(12)20)8-9-17-24-19-15(26(17)3)7-6-14-5-4-10-21-18(14)19/h4-7,10-11,20H,8-9H2,1-3H3,(H,23,25). The molecule has 0 bridgehead atoms. The van der Waals surface area contributed by atoms with Crippen LogP contribution in [0.5, 0.6) is 0 Å². The minimum absolute atomic E-state index is 0.0404. The fourth-order valence-corrected chi connectivity index (χ4v) is 3.74. The number of nitrogens with zero attached hydrogens (tertiary/aromatic N) is 6. The van der Waals surface area contributed by atoms with Gasteiger partial charge in [0.05, 0.1) is 22.4 Å². The maximum absolute atomic E-state index is 4.89. The number of aryl methyl sites for hydroxylation is 2. The normalized spacial score (nSPS) is 19.0. The van der Waals surface area contributed by atoms with E-state index in [1.54, 1.807) is 0 Å². The highest BCUT2D eigenvalue weighted by Crippen LogP contribution is 2.25. The summed E-state index contributed by atoms with van der Waals surface area (Å²) in [5.41, 5.74) is 5.11. The fourth-order valence-electron chi connectivity index (χ4n) is 3.74. The molecule has 0 aliphatic carbocycles. The molecule has 7 nitrogen and oxygen atoms in total. The highest BCUT2D eigenvalue weighted by molar-refractivity contribution is 6.01. The van der Waals surface area contributed by atoms with Gasteiger partial charge in [-0.25, -0.2) is 9.99 Å². The van der Waals surface area contributed by atoms with Gasteiger partial charge in [0.1, 0.15) is 17.2 Å². The fraction of sp³-hybridized carbons (Fsp3) is 0.300. The molecule has 136 valence electrons. The summed E-state index contributed by atoms with van der Waals surface area (Å²) in [7, 11) is 2.07. The van der Waals surface area contributed by atoms with Crippen LogP contribution >= 0.6 is 0 Å². The van der Waals surface area contributed by atoms with Crippen LogP contribution in [0.15, 0.2) is 52.5 Å². The van der Waals surface area contributed by atoms with Crippen LogP contribution in [0.2, 0.25) is 0 Å². The number of hydrazone groups is 1. The van der Waals surface area contributed by atoms with Crippen molar-refractivity contribution in [1.82, 2.24) is 24.9 Å². The van der Waals surface area contributed by atoms with Crippen molar-refractivity contribution >= 4 is 33.5 Å². The minimum atomic E-state index is 0.0404. The van der Waals surface area contributed by atoms with E-state index in [1.807, 2.05) is 37.3 Å². The summed E-state index contributed by atoms with van der Waals surface area (Å²) >= 11 is 0. The Bertz CT molecular complexity index is 1150.